The molecule has 1 atom stereocenters. The van der Waals surface area contributed by atoms with Crippen LogP contribution in [0.4, 0.5) is 4.39 Å². The molecule has 0 amide bonds. The lowest BCUT2D eigenvalue weighted by Gasteiger charge is -2.04. The molecule has 0 aliphatic carbocycles. The molecule has 3 aromatic rings. The van der Waals surface area contributed by atoms with Gasteiger partial charge in [-0.1, -0.05) is 42.8 Å². The van der Waals surface area contributed by atoms with Gasteiger partial charge in [-0.2, -0.15) is 4.98 Å². The van der Waals surface area contributed by atoms with Crippen LogP contribution < -0.4 is 5.73 Å². The lowest BCUT2D eigenvalue weighted by molar-refractivity contribution is 0.348. The fraction of sp³-hybridized carbons (Fsp3) is 0.250. The molecule has 1 aromatic heterocycles. The summed E-state index contributed by atoms with van der Waals surface area (Å²) in [5.41, 5.74) is 6.72. The van der Waals surface area contributed by atoms with E-state index in [0.717, 1.165) is 23.8 Å². The highest BCUT2D eigenvalue weighted by atomic mass is 19.1. The molecular formula is C16H16FN3O. The standard InChI is InChI=1S/C16H16FN3O/c1-2-5-14(18)16-19-15(20-21-16)12-8-9-13(17)11-7-4-3-6-10(11)12/h3-4,6-9,14H,2,5,18H2,1H3. The lowest BCUT2D eigenvalue weighted by atomic mass is 10.0. The second-order valence-electron chi connectivity index (χ2n) is 4.99. The van der Waals surface area contributed by atoms with Crippen LogP contribution in [-0.4, -0.2) is 10.1 Å². The van der Waals surface area contributed by atoms with Crippen LogP contribution >= 0.6 is 0 Å². The molecule has 0 bridgehead atoms. The predicted octanol–water partition coefficient (Wildman–Crippen LogP) is 3.83. The number of rotatable bonds is 4. The van der Waals surface area contributed by atoms with Crippen LogP contribution in [-0.2, 0) is 0 Å². The SMILES string of the molecule is CCCC(N)c1nc(-c2ccc(F)c3ccccc23)no1. The quantitative estimate of drug-likeness (QED) is 0.791. The van der Waals surface area contributed by atoms with Crippen molar-refractivity contribution in [3.8, 4) is 11.4 Å². The van der Waals surface area contributed by atoms with Gasteiger partial charge in [0.1, 0.15) is 5.82 Å². The van der Waals surface area contributed by atoms with Crippen molar-refractivity contribution in [3.05, 3.63) is 48.1 Å². The van der Waals surface area contributed by atoms with Crippen LogP contribution in [0, 0.1) is 5.82 Å². The van der Waals surface area contributed by atoms with Crippen molar-refractivity contribution < 1.29 is 8.91 Å². The Morgan fingerprint density at radius 3 is 2.71 bits per heavy atom. The highest BCUT2D eigenvalue weighted by Crippen LogP contribution is 2.29. The number of aromatic nitrogens is 2. The molecule has 0 aliphatic heterocycles. The Hall–Kier alpha value is -2.27. The number of nitrogens with two attached hydrogens (primary N) is 1. The first-order valence-corrected chi connectivity index (χ1v) is 6.97. The number of fused-ring (bicyclic) bond motifs is 1. The Labute approximate surface area is 121 Å². The molecule has 0 aliphatic rings. The minimum absolute atomic E-state index is 0.261. The smallest absolute Gasteiger partial charge is 0.243 e. The summed E-state index contributed by atoms with van der Waals surface area (Å²) in [6.45, 7) is 2.05. The van der Waals surface area contributed by atoms with Gasteiger partial charge in [-0.15, -0.1) is 0 Å². The van der Waals surface area contributed by atoms with Gasteiger partial charge < -0.3 is 10.3 Å². The maximum absolute atomic E-state index is 13.8. The average Bonchev–Trinajstić information content (AvgIpc) is 2.98. The van der Waals surface area contributed by atoms with Gasteiger partial charge in [0.2, 0.25) is 11.7 Å². The summed E-state index contributed by atoms with van der Waals surface area (Å²) in [5, 5.41) is 5.28. The minimum atomic E-state index is -0.263. The monoisotopic (exact) mass is 285 g/mol. The Bertz CT molecular complexity index is 769. The van der Waals surface area contributed by atoms with Crippen molar-refractivity contribution in [2.75, 3.05) is 0 Å². The summed E-state index contributed by atoms with van der Waals surface area (Å²) in [4.78, 5) is 4.35. The van der Waals surface area contributed by atoms with Crippen LogP contribution in [0.25, 0.3) is 22.2 Å². The molecule has 2 aromatic carbocycles. The van der Waals surface area contributed by atoms with Gasteiger partial charge in [-0.05, 0) is 23.9 Å². The van der Waals surface area contributed by atoms with Gasteiger partial charge in [0.25, 0.3) is 0 Å². The van der Waals surface area contributed by atoms with E-state index in [-0.39, 0.29) is 11.9 Å². The van der Waals surface area contributed by atoms with Crippen molar-refractivity contribution in [3.63, 3.8) is 0 Å². The molecule has 3 rings (SSSR count). The van der Waals surface area contributed by atoms with Crippen LogP contribution in [0.3, 0.4) is 0 Å². The van der Waals surface area contributed by atoms with E-state index in [4.69, 9.17) is 10.3 Å². The minimum Gasteiger partial charge on any atom is -0.337 e. The predicted molar refractivity (Wildman–Crippen MR) is 79.0 cm³/mol. The fourth-order valence-corrected chi connectivity index (χ4v) is 2.39. The molecule has 21 heavy (non-hydrogen) atoms. The number of benzene rings is 2. The summed E-state index contributed by atoms with van der Waals surface area (Å²) in [7, 11) is 0. The average molecular weight is 285 g/mol. The highest BCUT2D eigenvalue weighted by Gasteiger charge is 2.17. The zero-order chi connectivity index (χ0) is 14.8. The van der Waals surface area contributed by atoms with Crippen LogP contribution in [0.5, 0.6) is 0 Å². The van der Waals surface area contributed by atoms with E-state index in [1.807, 2.05) is 19.1 Å². The van der Waals surface area contributed by atoms with E-state index in [1.165, 1.54) is 6.07 Å². The highest BCUT2D eigenvalue weighted by molar-refractivity contribution is 5.95. The van der Waals surface area contributed by atoms with Gasteiger partial charge in [0, 0.05) is 10.9 Å². The van der Waals surface area contributed by atoms with Crippen molar-refractivity contribution in [1.29, 1.82) is 0 Å². The molecule has 0 radical (unpaired) electrons. The van der Waals surface area contributed by atoms with E-state index in [1.54, 1.807) is 18.2 Å². The summed E-state index contributed by atoms with van der Waals surface area (Å²) < 4.78 is 19.1. The molecule has 0 saturated carbocycles. The molecule has 1 heterocycles. The summed E-state index contributed by atoms with van der Waals surface area (Å²) >= 11 is 0. The molecule has 0 saturated heterocycles. The Morgan fingerprint density at radius 1 is 1.19 bits per heavy atom. The van der Waals surface area contributed by atoms with E-state index in [9.17, 15) is 4.39 Å². The third-order valence-electron chi connectivity index (χ3n) is 3.47. The maximum atomic E-state index is 13.8. The van der Waals surface area contributed by atoms with Crippen molar-refractivity contribution in [1.82, 2.24) is 10.1 Å². The van der Waals surface area contributed by atoms with Crippen LogP contribution in [0.1, 0.15) is 31.7 Å². The van der Waals surface area contributed by atoms with Gasteiger partial charge in [-0.3, -0.25) is 0 Å². The normalized spacial score (nSPS) is 12.7. The van der Waals surface area contributed by atoms with Gasteiger partial charge in [-0.25, -0.2) is 4.39 Å². The maximum Gasteiger partial charge on any atom is 0.243 e. The largest absolute Gasteiger partial charge is 0.337 e. The first kappa shape index (κ1) is 13.7. The molecule has 5 heteroatoms. The fourth-order valence-electron chi connectivity index (χ4n) is 2.39. The summed E-state index contributed by atoms with van der Waals surface area (Å²) in [5.74, 6) is 0.591. The van der Waals surface area contributed by atoms with Crippen LogP contribution in [0.2, 0.25) is 0 Å². The van der Waals surface area contributed by atoms with E-state index >= 15 is 0 Å². The van der Waals surface area contributed by atoms with Crippen molar-refractivity contribution in [2.24, 2.45) is 5.73 Å². The third kappa shape index (κ3) is 2.52. The topological polar surface area (TPSA) is 64.9 Å². The number of hydrogen-bond donors (Lipinski definition) is 1. The van der Waals surface area contributed by atoms with E-state index in [2.05, 4.69) is 10.1 Å². The van der Waals surface area contributed by atoms with Crippen molar-refractivity contribution >= 4 is 10.8 Å². The first-order valence-electron chi connectivity index (χ1n) is 6.97. The first-order chi connectivity index (χ1) is 10.2. The van der Waals surface area contributed by atoms with Gasteiger partial charge >= 0.3 is 0 Å². The third-order valence-corrected chi connectivity index (χ3v) is 3.47. The molecule has 0 fully saturated rings. The summed E-state index contributed by atoms with van der Waals surface area (Å²) in [6, 6.07) is 10.1. The van der Waals surface area contributed by atoms with Gasteiger partial charge in [0.15, 0.2) is 0 Å². The van der Waals surface area contributed by atoms with E-state index in [0.29, 0.717) is 17.1 Å². The molecular weight excluding hydrogens is 269 g/mol. The number of hydrogen-bond acceptors (Lipinski definition) is 4. The van der Waals surface area contributed by atoms with Crippen molar-refractivity contribution in [2.45, 2.75) is 25.8 Å². The van der Waals surface area contributed by atoms with E-state index < -0.39 is 0 Å². The number of nitrogens with zero attached hydrogens (tertiary/aromatic N) is 2. The Kier molecular flexibility index (Phi) is 3.66. The second kappa shape index (κ2) is 5.61. The lowest BCUT2D eigenvalue weighted by Crippen LogP contribution is -2.09. The zero-order valence-electron chi connectivity index (χ0n) is 11.7. The molecule has 0 spiro atoms. The Balaban J connectivity index is 2.07. The zero-order valence-corrected chi connectivity index (χ0v) is 11.7. The Morgan fingerprint density at radius 2 is 1.95 bits per heavy atom. The van der Waals surface area contributed by atoms with Gasteiger partial charge in [0.05, 0.1) is 6.04 Å². The summed E-state index contributed by atoms with van der Waals surface area (Å²) in [6.07, 6.45) is 1.73. The molecule has 108 valence electrons. The van der Waals surface area contributed by atoms with Crippen LogP contribution in [0.15, 0.2) is 40.9 Å². The second-order valence-corrected chi connectivity index (χ2v) is 4.99. The molecule has 4 nitrogen and oxygen atoms in total. The molecule has 1 unspecified atom stereocenters. The number of halogens is 1. The molecule has 2 N–H and O–H groups in total.